The van der Waals surface area contributed by atoms with Gasteiger partial charge in [-0.15, -0.1) is 0 Å². The Kier molecular flexibility index (Phi) is 16.0. The number of benzene rings is 15. The van der Waals surface area contributed by atoms with Gasteiger partial charge in [-0.05, 0) is 186 Å². The molecule has 24 rings (SSSR count). The highest BCUT2D eigenvalue weighted by Crippen LogP contribution is 2.42. The summed E-state index contributed by atoms with van der Waals surface area (Å²) in [6.45, 7) is 15.8. The lowest BCUT2D eigenvalue weighted by Crippen LogP contribution is -2.21. The standard InChI is InChI=1S/C36H28N4.C34H26N4Si.C34H24N4/c1-36(2,3)25-19-16-23(17-20-25)24-18-21-32-28(22-24)26-10-5-8-14-31(26)39(32)35-38-29-12-6-4-11-27(29)34-37-30-13-7-9-15-33(30)40(34)35;1-39(2)24-18-15-22(16-19-24)23-17-20-31-27(21-23)25-9-4-7-13-30(25)37(31)34-36-28-11-5-3-10-26(28)33-35-29-12-6-8-14-32(29)38(33)34;1-21-17-22(2)19-24(18-21)23-15-16-31-27(20-23)25-9-4-7-13-30(25)37(31)34-36-28-11-5-3-10-26(28)33-35-29-12-6-8-14-32(29)38(33)34/h4-22H,1-3H3;3-21,39H,1-2H3;3-20H,1-2H3. The minimum atomic E-state index is -0.818. The van der Waals surface area contributed by atoms with E-state index in [0.717, 1.165) is 134 Å². The van der Waals surface area contributed by atoms with Gasteiger partial charge in [0.25, 0.3) is 0 Å². The Labute approximate surface area is 675 Å². The number of imidazole rings is 3. The highest BCUT2D eigenvalue weighted by Gasteiger charge is 2.26. The molecule has 0 aliphatic rings. The minimum Gasteiger partial charge on any atom is -0.279 e. The fourth-order valence-electron chi connectivity index (χ4n) is 17.9. The van der Waals surface area contributed by atoms with Gasteiger partial charge in [0.1, 0.15) is 16.9 Å². The smallest absolute Gasteiger partial charge is 0.221 e. The van der Waals surface area contributed by atoms with E-state index >= 15 is 0 Å². The molecular weight excluding hydrogens is 1450 g/mol. The summed E-state index contributed by atoms with van der Waals surface area (Å²) in [5, 5.41) is 11.9. The molecule has 0 unspecified atom stereocenters. The van der Waals surface area contributed by atoms with Crippen molar-refractivity contribution in [3.05, 3.63) is 356 Å². The molecule has 0 saturated heterocycles. The van der Waals surface area contributed by atoms with Crippen molar-refractivity contribution in [3.8, 4) is 51.2 Å². The topological polar surface area (TPSA) is 105 Å². The third-order valence-corrected chi connectivity index (χ3v) is 25.3. The number of aryl methyl sites for hydroxylation is 2. The second-order valence-corrected chi connectivity index (χ2v) is 35.3. The van der Waals surface area contributed by atoms with Crippen LogP contribution in [0.25, 0.3) is 199 Å². The van der Waals surface area contributed by atoms with E-state index in [2.05, 4.69) is 378 Å². The molecular formula is C104H78N12Si. The molecule has 12 nitrogen and oxygen atoms in total. The largest absolute Gasteiger partial charge is 0.279 e. The highest BCUT2D eigenvalue weighted by atomic mass is 28.3. The van der Waals surface area contributed by atoms with E-state index in [-0.39, 0.29) is 5.41 Å². The molecule has 0 aliphatic carbocycles. The third-order valence-electron chi connectivity index (χ3n) is 23.5. The van der Waals surface area contributed by atoms with Crippen LogP contribution in [0.4, 0.5) is 0 Å². The molecule has 9 heterocycles. The number of fused-ring (bicyclic) bond motifs is 24. The molecule has 0 aliphatic heterocycles. The van der Waals surface area contributed by atoms with E-state index in [4.69, 9.17) is 29.9 Å². The second-order valence-electron chi connectivity index (χ2n) is 32.3. The van der Waals surface area contributed by atoms with Gasteiger partial charge in [-0.2, -0.15) is 0 Å². The summed E-state index contributed by atoms with van der Waals surface area (Å²) in [7, 11) is -0.818. The fourth-order valence-corrected chi connectivity index (χ4v) is 18.9. The number of hydrogen-bond donors (Lipinski definition) is 0. The van der Waals surface area contributed by atoms with Crippen molar-refractivity contribution in [1.29, 1.82) is 0 Å². The van der Waals surface area contributed by atoms with E-state index in [1.807, 2.05) is 36.4 Å². The van der Waals surface area contributed by atoms with Crippen molar-refractivity contribution in [2.75, 3.05) is 0 Å². The van der Waals surface area contributed by atoms with Crippen LogP contribution >= 0.6 is 0 Å². The zero-order chi connectivity index (χ0) is 78.5. The SMILES string of the molecule is CC(C)(C)c1ccc(-c2ccc3c(c2)c2ccccc2n3-c2nc3ccccc3c3nc4ccccc4n23)cc1.C[SiH](C)c1ccc(-c2ccc3c(c2)c2ccccc2n3-c2nc3ccccc3c3nc4ccccc4n23)cc1.Cc1cc(C)cc(-c2ccc3c(c2)c2ccccc2n3-c2nc3ccccc3c3nc4ccccc4n23)c1. The first-order valence-electron chi connectivity index (χ1n) is 40.2. The molecule has 24 aromatic rings. The molecule has 0 spiro atoms. The summed E-state index contributed by atoms with van der Waals surface area (Å²) in [6, 6.07) is 121. The summed E-state index contributed by atoms with van der Waals surface area (Å²) < 4.78 is 13.5. The number of hydrogen-bond acceptors (Lipinski definition) is 6. The van der Waals surface area contributed by atoms with Crippen LogP contribution < -0.4 is 5.19 Å². The molecule has 13 heteroatoms. The predicted molar refractivity (Wildman–Crippen MR) is 490 cm³/mol. The van der Waals surface area contributed by atoms with Crippen molar-refractivity contribution in [2.45, 2.75) is 53.1 Å². The Morgan fingerprint density at radius 1 is 0.231 bits per heavy atom. The summed E-state index contributed by atoms with van der Waals surface area (Å²) in [4.78, 5) is 31.0. The monoisotopic (exact) mass is 1520 g/mol. The molecule has 0 fully saturated rings. The normalized spacial score (nSPS) is 12.1. The Balaban J connectivity index is 0.000000106. The minimum absolute atomic E-state index is 0.131. The lowest BCUT2D eigenvalue weighted by atomic mass is 9.86. The maximum absolute atomic E-state index is 5.27. The summed E-state index contributed by atoms with van der Waals surface area (Å²) >= 11 is 0. The van der Waals surface area contributed by atoms with E-state index in [9.17, 15) is 0 Å². The predicted octanol–water partition coefficient (Wildman–Crippen LogP) is 25.0. The lowest BCUT2D eigenvalue weighted by molar-refractivity contribution is 0.590. The molecule has 9 aromatic heterocycles. The second kappa shape index (κ2) is 27.0. The molecule has 0 amide bonds. The first kappa shape index (κ1) is 69.1. The molecule has 15 aromatic carbocycles. The van der Waals surface area contributed by atoms with Crippen LogP contribution in [0.15, 0.2) is 340 Å². The number of aromatic nitrogens is 12. The first-order chi connectivity index (χ1) is 57.3. The van der Waals surface area contributed by atoms with Gasteiger partial charge in [-0.3, -0.25) is 26.9 Å². The van der Waals surface area contributed by atoms with Gasteiger partial charge in [0.05, 0.1) is 91.5 Å². The van der Waals surface area contributed by atoms with Crippen molar-refractivity contribution in [2.24, 2.45) is 0 Å². The zero-order valence-electron chi connectivity index (χ0n) is 65.8. The molecule has 0 radical (unpaired) electrons. The van der Waals surface area contributed by atoms with E-state index in [1.54, 1.807) is 0 Å². The third kappa shape index (κ3) is 11.3. The van der Waals surface area contributed by atoms with E-state index in [0.29, 0.717) is 0 Å². The summed E-state index contributed by atoms with van der Waals surface area (Å²) in [5.74, 6) is 2.54. The number of nitrogens with zero attached hydrogens (tertiary/aromatic N) is 12. The molecule has 0 bridgehead atoms. The van der Waals surface area contributed by atoms with Crippen LogP contribution in [-0.2, 0) is 5.41 Å². The maximum Gasteiger partial charge on any atom is 0.221 e. The highest BCUT2D eigenvalue weighted by molar-refractivity contribution is 6.70. The van der Waals surface area contributed by atoms with Crippen molar-refractivity contribution in [3.63, 3.8) is 0 Å². The van der Waals surface area contributed by atoms with Crippen LogP contribution in [0, 0.1) is 13.8 Å². The van der Waals surface area contributed by atoms with Gasteiger partial charge in [0, 0.05) is 48.5 Å². The summed E-state index contributed by atoms with van der Waals surface area (Å²) in [5.41, 5.74) is 29.8. The Morgan fingerprint density at radius 3 is 0.838 bits per heavy atom. The molecule has 0 N–H and O–H groups in total. The van der Waals surface area contributed by atoms with Crippen LogP contribution in [0.5, 0.6) is 0 Å². The van der Waals surface area contributed by atoms with E-state index < -0.39 is 8.80 Å². The van der Waals surface area contributed by atoms with Gasteiger partial charge in [0.2, 0.25) is 17.8 Å². The fraction of sp³-hybridized carbons (Fsp3) is 0.0769. The number of para-hydroxylation sites is 12. The zero-order valence-corrected chi connectivity index (χ0v) is 66.9. The Hall–Kier alpha value is -14.7. The lowest BCUT2D eigenvalue weighted by Gasteiger charge is -2.19. The van der Waals surface area contributed by atoms with Gasteiger partial charge < -0.3 is 0 Å². The molecule has 558 valence electrons. The Bertz CT molecular complexity index is 8170. The molecule has 0 atom stereocenters. The quantitative estimate of drug-likeness (QED) is 0.147. The van der Waals surface area contributed by atoms with Crippen LogP contribution in [0.1, 0.15) is 37.5 Å². The van der Waals surface area contributed by atoms with Crippen LogP contribution in [0.2, 0.25) is 13.1 Å². The summed E-state index contributed by atoms with van der Waals surface area (Å²) in [6.07, 6.45) is 0. The van der Waals surface area contributed by atoms with Gasteiger partial charge >= 0.3 is 0 Å². The van der Waals surface area contributed by atoms with Crippen molar-refractivity contribution >= 4 is 162 Å². The van der Waals surface area contributed by atoms with Crippen LogP contribution in [0.3, 0.4) is 0 Å². The van der Waals surface area contributed by atoms with Crippen molar-refractivity contribution in [1.82, 2.24) is 56.8 Å². The maximum atomic E-state index is 5.27. The molecule has 0 saturated carbocycles. The van der Waals surface area contributed by atoms with Gasteiger partial charge in [0.15, 0.2) is 0 Å². The van der Waals surface area contributed by atoms with E-state index in [1.165, 1.54) is 87.6 Å². The number of rotatable bonds is 7. The first-order valence-corrected chi connectivity index (χ1v) is 43.1. The average molecular weight is 1520 g/mol. The van der Waals surface area contributed by atoms with Gasteiger partial charge in [-0.1, -0.05) is 263 Å². The average Bonchev–Trinajstić information content (AvgIpc) is 1.57. The Morgan fingerprint density at radius 2 is 0.504 bits per heavy atom. The molecule has 117 heavy (non-hydrogen) atoms. The van der Waals surface area contributed by atoms with Crippen LogP contribution in [-0.4, -0.2) is 65.6 Å². The van der Waals surface area contributed by atoms with Crippen molar-refractivity contribution < 1.29 is 0 Å². The van der Waals surface area contributed by atoms with Gasteiger partial charge in [-0.25, -0.2) is 29.9 Å².